The average molecular weight is 415 g/mol. The van der Waals surface area contributed by atoms with Crippen LogP contribution < -0.4 is 5.32 Å². The first kappa shape index (κ1) is 20.3. The molecule has 3 aromatic rings. The molecule has 4 heteroatoms. The van der Waals surface area contributed by atoms with Gasteiger partial charge >= 0.3 is 0 Å². The van der Waals surface area contributed by atoms with Crippen LogP contribution in [0.1, 0.15) is 44.8 Å². The van der Waals surface area contributed by atoms with Crippen LogP contribution in [0.15, 0.2) is 71.7 Å². The zero-order valence-corrected chi connectivity index (χ0v) is 17.8. The maximum atomic E-state index is 13.0. The van der Waals surface area contributed by atoms with Gasteiger partial charge in [0.25, 0.3) is 5.91 Å². The predicted octanol–water partition coefficient (Wildman–Crippen LogP) is 6.02. The molecule has 0 bridgehead atoms. The summed E-state index contributed by atoms with van der Waals surface area (Å²) in [7, 11) is 0. The van der Waals surface area contributed by atoms with Crippen molar-refractivity contribution in [3.05, 3.63) is 93.9 Å². The number of hydrogen-bond acceptors (Lipinski definition) is 3. The molecule has 4 rings (SSSR count). The van der Waals surface area contributed by atoms with Gasteiger partial charge in [-0.05, 0) is 54.9 Å². The Kier molecular flexibility index (Phi) is 6.88. The second-order valence-electron chi connectivity index (χ2n) is 7.43. The van der Waals surface area contributed by atoms with Crippen LogP contribution in [-0.2, 0) is 19.3 Å². The highest BCUT2D eigenvalue weighted by Crippen LogP contribution is 2.39. The summed E-state index contributed by atoms with van der Waals surface area (Å²) in [5.41, 5.74) is 4.36. The molecule has 30 heavy (non-hydrogen) atoms. The molecule has 2 aromatic carbocycles. The van der Waals surface area contributed by atoms with Crippen molar-refractivity contribution in [1.82, 2.24) is 5.32 Å². The molecule has 1 N–H and O–H groups in total. The number of allylic oxidation sites excluding steroid dienone is 1. The lowest BCUT2D eigenvalue weighted by atomic mass is 9.95. The van der Waals surface area contributed by atoms with Crippen LogP contribution in [0.2, 0.25) is 0 Å². The number of thiophene rings is 1. The van der Waals surface area contributed by atoms with Gasteiger partial charge in [0.15, 0.2) is 0 Å². The van der Waals surface area contributed by atoms with Crippen LogP contribution in [0.3, 0.4) is 0 Å². The maximum Gasteiger partial charge on any atom is 0.254 e. The fourth-order valence-electron chi connectivity index (χ4n) is 3.76. The summed E-state index contributed by atoms with van der Waals surface area (Å²) in [4.78, 5) is 19.0. The monoisotopic (exact) mass is 414 g/mol. The van der Waals surface area contributed by atoms with Gasteiger partial charge in [-0.3, -0.25) is 4.79 Å². The number of nitrogens with one attached hydrogen (secondary N) is 1. The Hall–Kier alpha value is -2.98. The molecule has 0 atom stereocenters. The number of rotatable bonds is 7. The first-order valence-electron chi connectivity index (χ1n) is 10.5. The Morgan fingerprint density at radius 1 is 1.00 bits per heavy atom. The van der Waals surface area contributed by atoms with E-state index >= 15 is 0 Å². The smallest absolute Gasteiger partial charge is 0.254 e. The van der Waals surface area contributed by atoms with Crippen LogP contribution >= 0.6 is 11.3 Å². The average Bonchev–Trinajstić information content (AvgIpc) is 3.16. The standard InChI is InChI=1S/C26H26N2OS/c29-25(27-19-17-21-12-5-2-6-13-21)24-22-15-7-8-16-23(22)30-26(24)28-18-9-14-20-10-3-1-4-11-20/h1-6,9-14,18H,7-8,15-17,19H2,(H,27,29)/b14-9+,28-18?. The molecule has 0 saturated heterocycles. The summed E-state index contributed by atoms with van der Waals surface area (Å²) >= 11 is 1.67. The third-order valence-electron chi connectivity index (χ3n) is 5.29. The minimum Gasteiger partial charge on any atom is -0.352 e. The molecule has 1 heterocycles. The molecule has 0 spiro atoms. The van der Waals surface area contributed by atoms with E-state index in [1.165, 1.54) is 22.4 Å². The molecule has 1 aliphatic rings. The highest BCUT2D eigenvalue weighted by atomic mass is 32.1. The second-order valence-corrected chi connectivity index (χ2v) is 8.51. The third kappa shape index (κ3) is 5.14. The molecule has 1 amide bonds. The molecule has 1 aliphatic carbocycles. The molecule has 0 saturated carbocycles. The minimum atomic E-state index is 0.00419. The Labute approximate surface area is 182 Å². The van der Waals surface area contributed by atoms with Crippen molar-refractivity contribution in [2.45, 2.75) is 32.1 Å². The molecular formula is C26H26N2OS. The number of aryl methyl sites for hydroxylation is 1. The molecule has 0 fully saturated rings. The lowest BCUT2D eigenvalue weighted by molar-refractivity contribution is 0.0954. The fourth-order valence-corrected chi connectivity index (χ4v) is 5.00. The van der Waals surface area contributed by atoms with Gasteiger partial charge in [-0.1, -0.05) is 66.7 Å². The number of amides is 1. The largest absolute Gasteiger partial charge is 0.352 e. The van der Waals surface area contributed by atoms with E-state index in [-0.39, 0.29) is 5.91 Å². The van der Waals surface area contributed by atoms with Gasteiger partial charge in [-0.25, -0.2) is 4.99 Å². The van der Waals surface area contributed by atoms with Crippen molar-refractivity contribution in [3.63, 3.8) is 0 Å². The van der Waals surface area contributed by atoms with Crippen LogP contribution in [-0.4, -0.2) is 18.7 Å². The number of nitrogens with zero attached hydrogens (tertiary/aromatic N) is 1. The van der Waals surface area contributed by atoms with E-state index in [0.717, 1.165) is 41.8 Å². The van der Waals surface area contributed by atoms with Crippen molar-refractivity contribution < 1.29 is 4.79 Å². The highest BCUT2D eigenvalue weighted by molar-refractivity contribution is 7.16. The van der Waals surface area contributed by atoms with Crippen molar-refractivity contribution in [2.75, 3.05) is 6.54 Å². The van der Waals surface area contributed by atoms with Crippen LogP contribution in [0, 0.1) is 0 Å². The van der Waals surface area contributed by atoms with Gasteiger partial charge in [0.05, 0.1) is 5.56 Å². The number of fused-ring (bicyclic) bond motifs is 1. The van der Waals surface area contributed by atoms with Crippen LogP contribution in [0.25, 0.3) is 6.08 Å². The van der Waals surface area contributed by atoms with E-state index in [2.05, 4.69) is 34.6 Å². The third-order valence-corrected chi connectivity index (χ3v) is 6.49. The van der Waals surface area contributed by atoms with Crippen LogP contribution in [0.5, 0.6) is 0 Å². The summed E-state index contributed by atoms with van der Waals surface area (Å²) < 4.78 is 0. The first-order chi connectivity index (χ1) is 14.8. The summed E-state index contributed by atoms with van der Waals surface area (Å²) in [5.74, 6) is 0.00419. The maximum absolute atomic E-state index is 13.0. The number of hydrogen-bond donors (Lipinski definition) is 1. The number of aliphatic imine (C=N–C) groups is 1. The number of benzene rings is 2. The zero-order chi connectivity index (χ0) is 20.6. The fraction of sp³-hybridized carbons (Fsp3) is 0.231. The second kappa shape index (κ2) is 10.2. The zero-order valence-electron chi connectivity index (χ0n) is 17.0. The SMILES string of the molecule is O=C(NCCc1ccccc1)c1c(N=C/C=C/c2ccccc2)sc2c1CCCC2. The molecule has 0 aliphatic heterocycles. The van der Waals surface area contributed by atoms with E-state index in [9.17, 15) is 4.79 Å². The molecule has 0 radical (unpaired) electrons. The Balaban J connectivity index is 1.48. The summed E-state index contributed by atoms with van der Waals surface area (Å²) in [6, 6.07) is 20.4. The Morgan fingerprint density at radius 3 is 2.53 bits per heavy atom. The number of carbonyl (C=O) groups is 1. The van der Waals surface area contributed by atoms with E-state index in [1.807, 2.05) is 48.6 Å². The Bertz CT molecular complexity index is 1040. The molecule has 152 valence electrons. The van der Waals surface area contributed by atoms with Crippen molar-refractivity contribution in [2.24, 2.45) is 4.99 Å². The normalized spacial score (nSPS) is 13.6. The van der Waals surface area contributed by atoms with Gasteiger partial charge < -0.3 is 5.32 Å². The predicted molar refractivity (Wildman–Crippen MR) is 127 cm³/mol. The Morgan fingerprint density at radius 2 is 1.73 bits per heavy atom. The quantitative estimate of drug-likeness (QED) is 0.472. The lowest BCUT2D eigenvalue weighted by Gasteiger charge is -2.12. The van der Waals surface area contributed by atoms with E-state index in [1.54, 1.807) is 17.6 Å². The molecule has 0 unspecified atom stereocenters. The van der Waals surface area contributed by atoms with E-state index < -0.39 is 0 Å². The van der Waals surface area contributed by atoms with Gasteiger partial charge in [0, 0.05) is 17.6 Å². The van der Waals surface area contributed by atoms with Crippen molar-refractivity contribution >= 4 is 34.5 Å². The molecule has 1 aromatic heterocycles. The lowest BCUT2D eigenvalue weighted by Crippen LogP contribution is -2.26. The summed E-state index contributed by atoms with van der Waals surface area (Å²) in [5, 5.41) is 3.95. The van der Waals surface area contributed by atoms with E-state index in [4.69, 9.17) is 0 Å². The molecule has 3 nitrogen and oxygen atoms in total. The number of carbonyl (C=O) groups excluding carboxylic acids is 1. The summed E-state index contributed by atoms with van der Waals surface area (Å²) in [6.07, 6.45) is 11.0. The molecular weight excluding hydrogens is 388 g/mol. The highest BCUT2D eigenvalue weighted by Gasteiger charge is 2.24. The first-order valence-corrected chi connectivity index (χ1v) is 11.4. The topological polar surface area (TPSA) is 41.5 Å². The van der Waals surface area contributed by atoms with Gasteiger partial charge in [-0.2, -0.15) is 0 Å². The van der Waals surface area contributed by atoms with Crippen LogP contribution in [0.4, 0.5) is 5.00 Å². The minimum absolute atomic E-state index is 0.00419. The van der Waals surface area contributed by atoms with Crippen molar-refractivity contribution in [3.8, 4) is 0 Å². The van der Waals surface area contributed by atoms with Gasteiger partial charge in [-0.15, -0.1) is 11.3 Å². The van der Waals surface area contributed by atoms with Gasteiger partial charge in [0.1, 0.15) is 5.00 Å². The van der Waals surface area contributed by atoms with Gasteiger partial charge in [0.2, 0.25) is 0 Å². The van der Waals surface area contributed by atoms with Crippen molar-refractivity contribution in [1.29, 1.82) is 0 Å². The van der Waals surface area contributed by atoms with E-state index in [0.29, 0.717) is 6.54 Å². The summed E-state index contributed by atoms with van der Waals surface area (Å²) in [6.45, 7) is 0.629.